The molecule has 0 aliphatic heterocycles. The van der Waals surface area contributed by atoms with Crippen LogP contribution < -0.4 is 5.73 Å². The van der Waals surface area contributed by atoms with Gasteiger partial charge in [0.05, 0.1) is 16.4 Å². The van der Waals surface area contributed by atoms with Crippen LogP contribution >= 0.6 is 11.6 Å². The van der Waals surface area contributed by atoms with Crippen molar-refractivity contribution in [1.29, 1.82) is 0 Å². The van der Waals surface area contributed by atoms with Gasteiger partial charge in [0.25, 0.3) is 0 Å². The number of benzene rings is 1. The Bertz CT molecular complexity index is 602. The number of nitrogens with two attached hydrogens (primary N) is 1. The van der Waals surface area contributed by atoms with Crippen LogP contribution in [0.15, 0.2) is 30.5 Å². The van der Waals surface area contributed by atoms with Crippen LogP contribution in [0, 0.1) is 0 Å². The predicted octanol–water partition coefficient (Wildman–Crippen LogP) is 3.68. The third kappa shape index (κ3) is 2.74. The van der Waals surface area contributed by atoms with Gasteiger partial charge < -0.3 is 5.73 Å². The molecular weight excluding hydrogens is 270 g/mol. The van der Waals surface area contributed by atoms with Gasteiger partial charge in [0.1, 0.15) is 0 Å². The summed E-state index contributed by atoms with van der Waals surface area (Å²) in [6.07, 6.45) is 6.30. The largest absolute Gasteiger partial charge is 0.327 e. The smallest absolute Gasteiger partial charge is 0.0864 e. The number of para-hydroxylation sites is 1. The number of rotatable bonds is 5. The Hall–Kier alpha value is -1.32. The van der Waals surface area contributed by atoms with E-state index in [0.717, 1.165) is 29.1 Å². The lowest BCUT2D eigenvalue weighted by Gasteiger charge is -2.14. The van der Waals surface area contributed by atoms with Crippen LogP contribution in [0.25, 0.3) is 5.69 Å². The summed E-state index contributed by atoms with van der Waals surface area (Å²) in [6, 6.07) is 8.25. The normalized spacial score (nSPS) is 16.4. The van der Waals surface area contributed by atoms with E-state index >= 15 is 0 Å². The average Bonchev–Trinajstić information content (AvgIpc) is 3.18. The molecule has 3 rings (SSSR count). The molecule has 1 saturated carbocycles. The molecule has 1 aliphatic carbocycles. The zero-order chi connectivity index (χ0) is 14.1. The minimum absolute atomic E-state index is 0.158. The third-order valence-electron chi connectivity index (χ3n) is 3.91. The van der Waals surface area contributed by atoms with Gasteiger partial charge in [-0.1, -0.05) is 30.7 Å². The van der Waals surface area contributed by atoms with Gasteiger partial charge in [-0.05, 0) is 43.4 Å². The first kappa shape index (κ1) is 13.7. The maximum atomic E-state index is 6.39. The van der Waals surface area contributed by atoms with Crippen LogP contribution in [0.1, 0.15) is 43.4 Å². The SMILES string of the molecule is CCC(N)Cc1cccc(Cl)c1-n1ccc(C2CC2)n1. The Labute approximate surface area is 124 Å². The topological polar surface area (TPSA) is 43.8 Å². The van der Waals surface area contributed by atoms with E-state index in [1.54, 1.807) is 0 Å². The monoisotopic (exact) mass is 289 g/mol. The molecule has 2 aromatic rings. The molecule has 4 heteroatoms. The van der Waals surface area contributed by atoms with Crippen LogP contribution in [-0.4, -0.2) is 15.8 Å². The summed E-state index contributed by atoms with van der Waals surface area (Å²) in [5.74, 6) is 0.653. The van der Waals surface area contributed by atoms with Crippen LogP contribution in [0.3, 0.4) is 0 Å². The van der Waals surface area contributed by atoms with Gasteiger partial charge in [0.2, 0.25) is 0 Å². The highest BCUT2D eigenvalue weighted by Gasteiger charge is 2.26. The number of hydrogen-bond acceptors (Lipinski definition) is 2. The molecule has 20 heavy (non-hydrogen) atoms. The zero-order valence-electron chi connectivity index (χ0n) is 11.7. The number of halogens is 1. The second-order valence-electron chi connectivity index (χ2n) is 5.58. The van der Waals surface area contributed by atoms with E-state index in [2.05, 4.69) is 24.2 Å². The molecular formula is C16H20ClN3. The van der Waals surface area contributed by atoms with Gasteiger partial charge in [-0.2, -0.15) is 5.10 Å². The molecule has 0 spiro atoms. The maximum Gasteiger partial charge on any atom is 0.0864 e. The van der Waals surface area contributed by atoms with Crippen LogP contribution in [-0.2, 0) is 6.42 Å². The van der Waals surface area contributed by atoms with Crippen molar-refractivity contribution in [3.05, 3.63) is 46.7 Å². The molecule has 1 aromatic carbocycles. The van der Waals surface area contributed by atoms with E-state index in [9.17, 15) is 0 Å². The molecule has 1 heterocycles. The van der Waals surface area contributed by atoms with E-state index in [1.807, 2.05) is 23.0 Å². The Balaban J connectivity index is 1.97. The van der Waals surface area contributed by atoms with Gasteiger partial charge >= 0.3 is 0 Å². The molecule has 0 bridgehead atoms. The van der Waals surface area contributed by atoms with E-state index < -0.39 is 0 Å². The first-order chi connectivity index (χ1) is 9.69. The lowest BCUT2D eigenvalue weighted by Crippen LogP contribution is -2.22. The highest BCUT2D eigenvalue weighted by Crippen LogP contribution is 2.39. The molecule has 106 valence electrons. The molecule has 3 nitrogen and oxygen atoms in total. The average molecular weight is 290 g/mol. The second kappa shape index (κ2) is 5.58. The first-order valence-electron chi connectivity index (χ1n) is 7.28. The van der Waals surface area contributed by atoms with Crippen molar-refractivity contribution in [2.24, 2.45) is 5.73 Å². The van der Waals surface area contributed by atoms with E-state index in [1.165, 1.54) is 18.5 Å². The van der Waals surface area contributed by atoms with Crippen molar-refractivity contribution in [3.63, 3.8) is 0 Å². The van der Waals surface area contributed by atoms with Crippen molar-refractivity contribution in [1.82, 2.24) is 9.78 Å². The Morgan fingerprint density at radius 2 is 2.20 bits per heavy atom. The van der Waals surface area contributed by atoms with Crippen molar-refractivity contribution >= 4 is 11.6 Å². The fourth-order valence-electron chi connectivity index (χ4n) is 2.47. The van der Waals surface area contributed by atoms with E-state index in [4.69, 9.17) is 17.3 Å². The molecule has 1 fully saturated rings. The van der Waals surface area contributed by atoms with Gasteiger partial charge in [0, 0.05) is 18.2 Å². The molecule has 0 saturated heterocycles. The molecule has 1 aromatic heterocycles. The number of hydrogen-bond donors (Lipinski definition) is 1. The second-order valence-corrected chi connectivity index (χ2v) is 5.99. The quantitative estimate of drug-likeness (QED) is 0.912. The minimum atomic E-state index is 0.158. The third-order valence-corrected chi connectivity index (χ3v) is 4.22. The van der Waals surface area contributed by atoms with Gasteiger partial charge in [0.15, 0.2) is 0 Å². The first-order valence-corrected chi connectivity index (χ1v) is 7.65. The van der Waals surface area contributed by atoms with Crippen LogP contribution in [0.2, 0.25) is 5.02 Å². The summed E-state index contributed by atoms with van der Waals surface area (Å²) in [7, 11) is 0. The van der Waals surface area contributed by atoms with Crippen molar-refractivity contribution in [2.45, 2.75) is 44.6 Å². The highest BCUT2D eigenvalue weighted by molar-refractivity contribution is 6.32. The van der Waals surface area contributed by atoms with Crippen molar-refractivity contribution in [3.8, 4) is 5.69 Å². The number of aromatic nitrogens is 2. The molecule has 2 N–H and O–H groups in total. The molecule has 0 radical (unpaired) electrons. The standard InChI is InChI=1S/C16H20ClN3/c1-2-13(18)10-12-4-3-5-14(17)16(12)20-9-8-15(19-20)11-6-7-11/h3-5,8-9,11,13H,2,6-7,10,18H2,1H3. The minimum Gasteiger partial charge on any atom is -0.327 e. The summed E-state index contributed by atoms with van der Waals surface area (Å²) in [6.45, 7) is 2.11. The van der Waals surface area contributed by atoms with E-state index in [0.29, 0.717) is 5.92 Å². The van der Waals surface area contributed by atoms with Crippen LogP contribution in [0.4, 0.5) is 0 Å². The van der Waals surface area contributed by atoms with Gasteiger partial charge in [-0.15, -0.1) is 0 Å². The fourth-order valence-corrected chi connectivity index (χ4v) is 2.75. The lowest BCUT2D eigenvalue weighted by molar-refractivity contribution is 0.642. The number of nitrogens with zero attached hydrogens (tertiary/aromatic N) is 2. The predicted molar refractivity (Wildman–Crippen MR) is 82.5 cm³/mol. The Morgan fingerprint density at radius 1 is 1.40 bits per heavy atom. The van der Waals surface area contributed by atoms with Gasteiger partial charge in [-0.25, -0.2) is 4.68 Å². The molecule has 1 atom stereocenters. The highest BCUT2D eigenvalue weighted by atomic mass is 35.5. The van der Waals surface area contributed by atoms with Crippen molar-refractivity contribution < 1.29 is 0 Å². The van der Waals surface area contributed by atoms with Crippen LogP contribution in [0.5, 0.6) is 0 Å². The molecule has 1 aliphatic rings. The Morgan fingerprint density at radius 3 is 2.90 bits per heavy atom. The maximum absolute atomic E-state index is 6.39. The molecule has 0 amide bonds. The zero-order valence-corrected chi connectivity index (χ0v) is 12.5. The summed E-state index contributed by atoms with van der Waals surface area (Å²) < 4.78 is 1.91. The van der Waals surface area contributed by atoms with Crippen molar-refractivity contribution in [2.75, 3.05) is 0 Å². The van der Waals surface area contributed by atoms with E-state index in [-0.39, 0.29) is 6.04 Å². The fraction of sp³-hybridized carbons (Fsp3) is 0.438. The van der Waals surface area contributed by atoms with Gasteiger partial charge in [-0.3, -0.25) is 0 Å². The lowest BCUT2D eigenvalue weighted by atomic mass is 10.0. The summed E-state index contributed by atoms with van der Waals surface area (Å²) in [5.41, 5.74) is 9.41. The summed E-state index contributed by atoms with van der Waals surface area (Å²) in [5, 5.41) is 5.42. The molecule has 1 unspecified atom stereocenters. The Kier molecular flexibility index (Phi) is 3.81. The summed E-state index contributed by atoms with van der Waals surface area (Å²) in [4.78, 5) is 0. The summed E-state index contributed by atoms with van der Waals surface area (Å²) >= 11 is 6.39.